The average molecular weight is 447 g/mol. The lowest BCUT2D eigenvalue weighted by atomic mass is 10.2. The Labute approximate surface area is 179 Å². The summed E-state index contributed by atoms with van der Waals surface area (Å²) in [5.41, 5.74) is 4.96. The molecule has 0 aliphatic carbocycles. The maximum absolute atomic E-state index is 12.3. The topological polar surface area (TPSA) is 104 Å². The second-order valence-electron chi connectivity index (χ2n) is 6.38. The maximum Gasteiger partial charge on any atom is 0.242 e. The highest BCUT2D eigenvalue weighted by atomic mass is 32.2. The number of hydrogen-bond donors (Lipinski definition) is 2. The van der Waals surface area contributed by atoms with Gasteiger partial charge in [-0.15, -0.1) is 11.3 Å². The van der Waals surface area contributed by atoms with Crippen molar-refractivity contribution < 1.29 is 18.3 Å². The molecule has 0 unspecified atom stereocenters. The van der Waals surface area contributed by atoms with Gasteiger partial charge in [-0.1, -0.05) is 12.1 Å². The van der Waals surface area contributed by atoms with Gasteiger partial charge in [-0.25, -0.2) is 17.7 Å². The summed E-state index contributed by atoms with van der Waals surface area (Å²) in [7, 11) is -0.522. The normalized spacial score (nSPS) is 11.9. The molecule has 0 aliphatic rings. The third kappa shape index (κ3) is 4.96. The molecular formula is C20H22N4O4S2. The monoisotopic (exact) mass is 446 g/mol. The van der Waals surface area contributed by atoms with E-state index in [1.165, 1.54) is 29.7 Å². The second-order valence-corrected chi connectivity index (χ2v) is 9.39. The van der Waals surface area contributed by atoms with Crippen molar-refractivity contribution in [2.24, 2.45) is 5.10 Å². The van der Waals surface area contributed by atoms with E-state index in [1.807, 2.05) is 18.4 Å². The van der Waals surface area contributed by atoms with E-state index in [2.05, 4.69) is 15.5 Å². The highest BCUT2D eigenvalue weighted by molar-refractivity contribution is 7.89. The van der Waals surface area contributed by atoms with E-state index >= 15 is 0 Å². The summed E-state index contributed by atoms with van der Waals surface area (Å²) in [5.74, 6) is 0.468. The van der Waals surface area contributed by atoms with Crippen LogP contribution in [0, 0.1) is 0 Å². The summed E-state index contributed by atoms with van der Waals surface area (Å²) in [6.07, 6.45) is 1.59. The van der Waals surface area contributed by atoms with E-state index in [0.29, 0.717) is 28.7 Å². The molecule has 0 amide bonds. The van der Waals surface area contributed by atoms with Gasteiger partial charge in [0.25, 0.3) is 0 Å². The van der Waals surface area contributed by atoms with Gasteiger partial charge in [-0.3, -0.25) is 5.43 Å². The minimum atomic E-state index is -3.51. The second kappa shape index (κ2) is 9.24. The van der Waals surface area contributed by atoms with Gasteiger partial charge in [-0.05, 0) is 42.8 Å². The van der Waals surface area contributed by atoms with E-state index in [1.54, 1.807) is 42.6 Å². The first-order valence-electron chi connectivity index (χ1n) is 9.04. The van der Waals surface area contributed by atoms with Crippen molar-refractivity contribution in [1.82, 2.24) is 9.29 Å². The molecule has 10 heteroatoms. The van der Waals surface area contributed by atoms with Gasteiger partial charge in [0, 0.05) is 25.0 Å². The molecule has 0 fully saturated rings. The Morgan fingerprint density at radius 3 is 2.80 bits per heavy atom. The molecule has 0 atom stereocenters. The molecule has 3 aromatic rings. The van der Waals surface area contributed by atoms with Crippen molar-refractivity contribution in [3.05, 3.63) is 53.4 Å². The number of hydrogen-bond acceptors (Lipinski definition) is 8. The standard InChI is InChI=1S/C20H22N4O4S2/c1-4-28-19-10-14(8-9-18(19)25)12-21-23-20-22-17(13-29-20)15-6-5-7-16(11-15)30(26,27)24(2)3/h5-13,25H,4H2,1-3H3,(H,22,23). The minimum absolute atomic E-state index is 0.0741. The number of hydrazone groups is 1. The molecule has 158 valence electrons. The van der Waals surface area contributed by atoms with Gasteiger partial charge in [-0.2, -0.15) is 5.10 Å². The number of aromatic hydroxyl groups is 1. The predicted molar refractivity (Wildman–Crippen MR) is 119 cm³/mol. The van der Waals surface area contributed by atoms with Gasteiger partial charge in [0.1, 0.15) is 0 Å². The smallest absolute Gasteiger partial charge is 0.242 e. The fourth-order valence-electron chi connectivity index (χ4n) is 2.53. The Balaban J connectivity index is 1.73. The summed E-state index contributed by atoms with van der Waals surface area (Å²) < 4.78 is 31.2. The molecule has 3 rings (SSSR count). The lowest BCUT2D eigenvalue weighted by Crippen LogP contribution is -2.22. The van der Waals surface area contributed by atoms with Gasteiger partial charge >= 0.3 is 0 Å². The molecule has 0 saturated carbocycles. The number of thiazole rings is 1. The quantitative estimate of drug-likeness (QED) is 0.405. The van der Waals surface area contributed by atoms with E-state index < -0.39 is 10.0 Å². The van der Waals surface area contributed by atoms with Crippen molar-refractivity contribution in [2.75, 3.05) is 26.1 Å². The Morgan fingerprint density at radius 1 is 1.27 bits per heavy atom. The minimum Gasteiger partial charge on any atom is -0.504 e. The molecule has 1 heterocycles. The Bertz CT molecular complexity index is 1160. The molecule has 8 nitrogen and oxygen atoms in total. The van der Waals surface area contributed by atoms with Crippen LogP contribution in [0.1, 0.15) is 12.5 Å². The molecule has 30 heavy (non-hydrogen) atoms. The van der Waals surface area contributed by atoms with Crippen molar-refractivity contribution in [2.45, 2.75) is 11.8 Å². The number of phenolic OH excluding ortho intramolecular Hbond substituents is 1. The van der Waals surface area contributed by atoms with Crippen molar-refractivity contribution in [1.29, 1.82) is 0 Å². The largest absolute Gasteiger partial charge is 0.504 e. The molecule has 0 bridgehead atoms. The molecule has 1 aromatic heterocycles. The Hall–Kier alpha value is -2.95. The van der Waals surface area contributed by atoms with Crippen molar-refractivity contribution in [3.8, 4) is 22.8 Å². The molecule has 0 radical (unpaired) electrons. The lowest BCUT2D eigenvalue weighted by Gasteiger charge is -2.11. The zero-order valence-electron chi connectivity index (χ0n) is 16.7. The number of phenols is 1. The summed E-state index contributed by atoms with van der Waals surface area (Å²) >= 11 is 1.35. The van der Waals surface area contributed by atoms with Crippen LogP contribution in [-0.4, -0.2) is 49.7 Å². The first-order chi connectivity index (χ1) is 14.3. The fraction of sp³-hybridized carbons (Fsp3) is 0.200. The zero-order valence-corrected chi connectivity index (χ0v) is 18.4. The van der Waals surface area contributed by atoms with Gasteiger partial charge < -0.3 is 9.84 Å². The van der Waals surface area contributed by atoms with Crippen LogP contribution in [0.5, 0.6) is 11.5 Å². The molecule has 0 aliphatic heterocycles. The number of benzene rings is 2. The summed E-state index contributed by atoms with van der Waals surface area (Å²) in [6, 6.07) is 11.6. The Morgan fingerprint density at radius 2 is 2.07 bits per heavy atom. The molecular weight excluding hydrogens is 424 g/mol. The highest BCUT2D eigenvalue weighted by Gasteiger charge is 2.18. The van der Waals surface area contributed by atoms with Gasteiger partial charge in [0.2, 0.25) is 15.2 Å². The van der Waals surface area contributed by atoms with Gasteiger partial charge in [0.05, 0.1) is 23.4 Å². The average Bonchev–Trinajstić information content (AvgIpc) is 3.19. The molecule has 0 spiro atoms. The van der Waals surface area contributed by atoms with E-state index in [4.69, 9.17) is 4.74 Å². The van der Waals surface area contributed by atoms with Crippen LogP contribution < -0.4 is 10.2 Å². The van der Waals surface area contributed by atoms with Crippen LogP contribution in [0.25, 0.3) is 11.3 Å². The molecule has 2 aromatic carbocycles. The van der Waals surface area contributed by atoms with Crippen LogP contribution in [0.3, 0.4) is 0 Å². The maximum atomic E-state index is 12.3. The van der Waals surface area contributed by atoms with Crippen molar-refractivity contribution in [3.63, 3.8) is 0 Å². The summed E-state index contributed by atoms with van der Waals surface area (Å²) in [5, 5.41) is 16.3. The van der Waals surface area contributed by atoms with Gasteiger partial charge in [0.15, 0.2) is 11.5 Å². The van der Waals surface area contributed by atoms with Crippen molar-refractivity contribution >= 4 is 32.7 Å². The van der Waals surface area contributed by atoms with Crippen LogP contribution >= 0.6 is 11.3 Å². The van der Waals surface area contributed by atoms with Crippen LogP contribution in [-0.2, 0) is 10.0 Å². The summed E-state index contributed by atoms with van der Waals surface area (Å²) in [4.78, 5) is 4.67. The molecule has 0 saturated heterocycles. The number of ether oxygens (including phenoxy) is 1. The highest BCUT2D eigenvalue weighted by Crippen LogP contribution is 2.28. The van der Waals surface area contributed by atoms with Crippen LogP contribution in [0.4, 0.5) is 5.13 Å². The SMILES string of the molecule is CCOc1cc(C=NNc2nc(-c3cccc(S(=O)(=O)N(C)C)c3)cs2)ccc1O. The first kappa shape index (κ1) is 21.8. The number of nitrogens with zero attached hydrogens (tertiary/aromatic N) is 3. The lowest BCUT2D eigenvalue weighted by molar-refractivity contribution is 0.318. The zero-order chi connectivity index (χ0) is 21.7. The van der Waals surface area contributed by atoms with E-state index in [9.17, 15) is 13.5 Å². The number of rotatable bonds is 8. The van der Waals surface area contributed by atoms with E-state index in [-0.39, 0.29) is 10.6 Å². The third-order valence-electron chi connectivity index (χ3n) is 4.07. The predicted octanol–water partition coefficient (Wildman–Crippen LogP) is 3.61. The Kier molecular flexibility index (Phi) is 6.70. The van der Waals surface area contributed by atoms with Crippen LogP contribution in [0.2, 0.25) is 0 Å². The first-order valence-corrected chi connectivity index (χ1v) is 11.4. The third-order valence-corrected chi connectivity index (χ3v) is 6.63. The number of sulfonamides is 1. The molecule has 2 N–H and O–H groups in total. The number of nitrogens with one attached hydrogen (secondary N) is 1. The number of anilines is 1. The number of aromatic nitrogens is 1. The fourth-order valence-corrected chi connectivity index (χ4v) is 4.15. The van der Waals surface area contributed by atoms with Crippen LogP contribution in [0.15, 0.2) is 57.8 Å². The van der Waals surface area contributed by atoms with E-state index in [0.717, 1.165) is 5.56 Å². The summed E-state index contributed by atoms with van der Waals surface area (Å²) in [6.45, 7) is 2.29.